The van der Waals surface area contributed by atoms with Crippen molar-refractivity contribution >= 4 is 40.6 Å². The van der Waals surface area contributed by atoms with Crippen molar-refractivity contribution in [2.24, 2.45) is 5.73 Å². The summed E-state index contributed by atoms with van der Waals surface area (Å²) in [6.45, 7) is 1.01. The number of hydrogen-bond donors (Lipinski definition) is 4. The van der Waals surface area contributed by atoms with Crippen LogP contribution in [0.4, 0.5) is 11.8 Å². The van der Waals surface area contributed by atoms with Gasteiger partial charge < -0.3 is 26.3 Å². The number of carbonyl (C=O) groups excluding carboxylic acids is 1. The lowest BCUT2D eigenvalue weighted by molar-refractivity contribution is 0.0955. The first kappa shape index (κ1) is 24.8. The fourth-order valence-electron chi connectivity index (χ4n) is 5.20. The Labute approximate surface area is 216 Å². The summed E-state index contributed by atoms with van der Waals surface area (Å²) in [6.07, 6.45) is 12.8. The molecule has 0 unspecified atom stereocenters. The molecule has 3 aromatic rings. The van der Waals surface area contributed by atoms with Gasteiger partial charge in [0.25, 0.3) is 5.91 Å². The number of imidazole rings is 1. The summed E-state index contributed by atoms with van der Waals surface area (Å²) in [4.78, 5) is 28.0. The van der Waals surface area contributed by atoms with Crippen molar-refractivity contribution in [3.63, 3.8) is 0 Å². The number of anilines is 2. The predicted molar refractivity (Wildman–Crippen MR) is 146 cm³/mol. The SMILES string of the molecule is CSc1ccc(C(=O)NCCNc2nc(N[C@H]3CC[C@H](N)CC3)nc3c2ncn3C2CCCC2)cc1. The van der Waals surface area contributed by atoms with E-state index in [0.717, 1.165) is 54.6 Å². The van der Waals surface area contributed by atoms with E-state index in [1.165, 1.54) is 12.8 Å². The molecule has 0 bridgehead atoms. The molecule has 2 heterocycles. The number of carbonyl (C=O) groups is 1. The first-order valence-electron chi connectivity index (χ1n) is 13.0. The minimum atomic E-state index is -0.0827. The molecule has 0 radical (unpaired) electrons. The minimum Gasteiger partial charge on any atom is -0.366 e. The average Bonchev–Trinajstić information content (AvgIpc) is 3.58. The van der Waals surface area contributed by atoms with Gasteiger partial charge in [-0.05, 0) is 69.0 Å². The second-order valence-corrected chi connectivity index (χ2v) is 10.7. The molecule has 0 spiro atoms. The highest BCUT2D eigenvalue weighted by Crippen LogP contribution is 2.33. The van der Waals surface area contributed by atoms with Gasteiger partial charge >= 0.3 is 0 Å². The normalized spacial score (nSPS) is 20.5. The number of nitrogens with zero attached hydrogens (tertiary/aromatic N) is 4. The van der Waals surface area contributed by atoms with Gasteiger partial charge in [-0.25, -0.2) is 4.98 Å². The van der Waals surface area contributed by atoms with Crippen molar-refractivity contribution in [1.82, 2.24) is 24.8 Å². The van der Waals surface area contributed by atoms with Gasteiger partial charge in [0.2, 0.25) is 5.95 Å². The molecule has 36 heavy (non-hydrogen) atoms. The van der Waals surface area contributed by atoms with E-state index in [-0.39, 0.29) is 5.91 Å². The molecule has 9 nitrogen and oxygen atoms in total. The summed E-state index contributed by atoms with van der Waals surface area (Å²) >= 11 is 1.66. The molecule has 2 aliphatic rings. The van der Waals surface area contributed by atoms with Crippen LogP contribution in [0.15, 0.2) is 35.5 Å². The number of nitrogens with two attached hydrogens (primary N) is 1. The van der Waals surface area contributed by atoms with Gasteiger partial charge in [0.1, 0.15) is 0 Å². The molecule has 1 aromatic carbocycles. The van der Waals surface area contributed by atoms with Crippen LogP contribution in [0, 0.1) is 0 Å². The maximum absolute atomic E-state index is 12.5. The van der Waals surface area contributed by atoms with Crippen molar-refractivity contribution in [2.45, 2.75) is 74.4 Å². The van der Waals surface area contributed by atoms with E-state index in [1.54, 1.807) is 11.8 Å². The van der Waals surface area contributed by atoms with Crippen LogP contribution in [0.1, 0.15) is 67.8 Å². The summed E-state index contributed by atoms with van der Waals surface area (Å²) in [5.74, 6) is 1.24. The number of fused-ring (bicyclic) bond motifs is 1. The fraction of sp³-hybridized carbons (Fsp3) is 0.538. The van der Waals surface area contributed by atoms with Gasteiger partial charge in [0.05, 0.1) is 6.33 Å². The van der Waals surface area contributed by atoms with Crippen molar-refractivity contribution in [3.05, 3.63) is 36.2 Å². The van der Waals surface area contributed by atoms with E-state index in [9.17, 15) is 4.79 Å². The van der Waals surface area contributed by atoms with Gasteiger partial charge in [-0.15, -0.1) is 11.8 Å². The first-order valence-corrected chi connectivity index (χ1v) is 14.3. The third-order valence-electron chi connectivity index (χ3n) is 7.30. The molecule has 2 aromatic heterocycles. The van der Waals surface area contributed by atoms with Crippen LogP contribution in [0.25, 0.3) is 11.2 Å². The molecular formula is C26H36N8OS. The standard InChI is InChI=1S/C26H36N8OS/c1-36-21-12-6-17(7-13-21)25(35)29-15-14-28-23-22-24(34(16-30-22)20-4-2-3-5-20)33-26(32-23)31-19-10-8-18(27)9-11-19/h6-7,12-13,16,18-20H,2-5,8-11,14-15,27H2,1H3,(H,29,35)(H2,28,31,32,33)/t18-,19-. The van der Waals surface area contributed by atoms with Crippen LogP contribution >= 0.6 is 11.8 Å². The zero-order valence-electron chi connectivity index (χ0n) is 20.9. The number of amides is 1. The molecule has 0 saturated heterocycles. The summed E-state index contributed by atoms with van der Waals surface area (Å²) in [6, 6.07) is 8.70. The maximum Gasteiger partial charge on any atom is 0.251 e. The summed E-state index contributed by atoms with van der Waals surface area (Å²) in [5, 5.41) is 9.93. The van der Waals surface area contributed by atoms with Gasteiger partial charge in [-0.2, -0.15) is 9.97 Å². The van der Waals surface area contributed by atoms with Crippen LogP contribution in [0.5, 0.6) is 0 Å². The zero-order chi connectivity index (χ0) is 24.9. The first-order chi connectivity index (χ1) is 17.6. The topological polar surface area (TPSA) is 123 Å². The number of nitrogens with one attached hydrogen (secondary N) is 3. The smallest absolute Gasteiger partial charge is 0.251 e. The fourth-order valence-corrected chi connectivity index (χ4v) is 5.61. The summed E-state index contributed by atoms with van der Waals surface area (Å²) in [5.41, 5.74) is 8.39. The lowest BCUT2D eigenvalue weighted by Crippen LogP contribution is -2.33. The highest BCUT2D eigenvalue weighted by atomic mass is 32.2. The average molecular weight is 509 g/mol. The lowest BCUT2D eigenvalue weighted by atomic mass is 9.92. The molecule has 5 rings (SSSR count). The van der Waals surface area contributed by atoms with E-state index >= 15 is 0 Å². The van der Waals surface area contributed by atoms with Crippen LogP contribution < -0.4 is 21.7 Å². The van der Waals surface area contributed by atoms with Crippen LogP contribution in [-0.2, 0) is 0 Å². The van der Waals surface area contributed by atoms with Gasteiger partial charge in [-0.1, -0.05) is 12.8 Å². The largest absolute Gasteiger partial charge is 0.366 e. The number of hydrogen-bond acceptors (Lipinski definition) is 8. The maximum atomic E-state index is 12.5. The molecule has 1 amide bonds. The Bertz CT molecular complexity index is 1170. The van der Waals surface area contributed by atoms with Crippen molar-refractivity contribution in [2.75, 3.05) is 30.0 Å². The molecule has 10 heteroatoms. The van der Waals surface area contributed by atoms with Crippen LogP contribution in [0.2, 0.25) is 0 Å². The number of thioether (sulfide) groups is 1. The Morgan fingerprint density at radius 2 is 1.81 bits per heavy atom. The highest BCUT2D eigenvalue weighted by molar-refractivity contribution is 7.98. The van der Waals surface area contributed by atoms with Gasteiger partial charge in [0.15, 0.2) is 17.0 Å². The lowest BCUT2D eigenvalue weighted by Gasteiger charge is -2.27. The van der Waals surface area contributed by atoms with E-state index in [4.69, 9.17) is 15.7 Å². The zero-order valence-corrected chi connectivity index (χ0v) is 21.7. The van der Waals surface area contributed by atoms with Crippen LogP contribution in [-0.4, -0.2) is 56.9 Å². The van der Waals surface area contributed by atoms with Crippen molar-refractivity contribution < 1.29 is 4.79 Å². The van der Waals surface area contributed by atoms with Crippen molar-refractivity contribution in [1.29, 1.82) is 0 Å². The van der Waals surface area contributed by atoms with E-state index in [1.807, 2.05) is 36.8 Å². The van der Waals surface area contributed by atoms with E-state index in [0.29, 0.717) is 48.5 Å². The third-order valence-corrected chi connectivity index (χ3v) is 8.04. The number of rotatable bonds is 9. The summed E-state index contributed by atoms with van der Waals surface area (Å²) < 4.78 is 2.22. The highest BCUT2D eigenvalue weighted by Gasteiger charge is 2.23. The Morgan fingerprint density at radius 3 is 2.53 bits per heavy atom. The Kier molecular flexibility index (Phi) is 7.91. The quantitative estimate of drug-likeness (QED) is 0.251. The summed E-state index contributed by atoms with van der Waals surface area (Å²) in [7, 11) is 0. The van der Waals surface area contributed by atoms with Crippen LogP contribution in [0.3, 0.4) is 0 Å². The Morgan fingerprint density at radius 1 is 1.06 bits per heavy atom. The number of aromatic nitrogens is 4. The molecular weight excluding hydrogens is 472 g/mol. The number of benzene rings is 1. The second-order valence-electron chi connectivity index (χ2n) is 9.83. The van der Waals surface area contributed by atoms with E-state index < -0.39 is 0 Å². The molecule has 0 aliphatic heterocycles. The molecule has 2 fully saturated rings. The third kappa shape index (κ3) is 5.75. The Hall–Kier alpha value is -2.85. The minimum absolute atomic E-state index is 0.0827. The molecule has 2 saturated carbocycles. The van der Waals surface area contributed by atoms with Crippen molar-refractivity contribution in [3.8, 4) is 0 Å². The van der Waals surface area contributed by atoms with E-state index in [2.05, 4.69) is 25.5 Å². The van der Waals surface area contributed by atoms with Gasteiger partial charge in [0, 0.05) is 41.7 Å². The molecule has 5 N–H and O–H groups in total. The molecule has 192 valence electrons. The molecule has 2 aliphatic carbocycles. The predicted octanol–water partition coefficient (Wildman–Crippen LogP) is 4.19. The Balaban J connectivity index is 1.28. The van der Waals surface area contributed by atoms with Gasteiger partial charge in [-0.3, -0.25) is 4.79 Å². The second kappa shape index (κ2) is 11.5. The molecule has 0 atom stereocenters. The monoisotopic (exact) mass is 508 g/mol.